The van der Waals surface area contributed by atoms with E-state index in [0.717, 1.165) is 18.2 Å². The fourth-order valence-corrected chi connectivity index (χ4v) is 1.64. The van der Waals surface area contributed by atoms with Crippen molar-refractivity contribution >= 4 is 23.3 Å². The van der Waals surface area contributed by atoms with E-state index in [1.807, 2.05) is 0 Å². The van der Waals surface area contributed by atoms with E-state index in [1.54, 1.807) is 0 Å². The van der Waals surface area contributed by atoms with Crippen LogP contribution in [0.5, 0.6) is 0 Å². The van der Waals surface area contributed by atoms with E-state index in [2.05, 4.69) is 5.32 Å². The zero-order chi connectivity index (χ0) is 17.0. The van der Waals surface area contributed by atoms with Crippen LogP contribution in [-0.2, 0) is 9.53 Å². The maximum absolute atomic E-state index is 13.2. The van der Waals surface area contributed by atoms with Gasteiger partial charge in [-0.2, -0.15) is 4.39 Å². The molecule has 120 valence electrons. The molecular formula is C14H11FN2O6. The summed E-state index contributed by atoms with van der Waals surface area (Å²) in [6, 6.07) is 5.73. The second-order valence-electron chi connectivity index (χ2n) is 4.44. The van der Waals surface area contributed by atoms with Crippen molar-refractivity contribution in [3.8, 4) is 0 Å². The molecule has 1 aromatic carbocycles. The Balaban J connectivity index is 2.02. The van der Waals surface area contributed by atoms with Crippen LogP contribution in [0.25, 0.3) is 0 Å². The van der Waals surface area contributed by atoms with Crippen LogP contribution < -0.4 is 5.32 Å². The molecule has 9 heteroatoms. The summed E-state index contributed by atoms with van der Waals surface area (Å²) in [5.41, 5.74) is -0.771. The third-order valence-corrected chi connectivity index (χ3v) is 2.79. The van der Waals surface area contributed by atoms with Crippen LogP contribution in [0.3, 0.4) is 0 Å². The number of furan rings is 1. The molecular weight excluding hydrogens is 311 g/mol. The zero-order valence-corrected chi connectivity index (χ0v) is 11.8. The highest BCUT2D eigenvalue weighted by Gasteiger charge is 2.22. The maximum atomic E-state index is 13.2. The number of amides is 1. The van der Waals surface area contributed by atoms with E-state index in [-0.39, 0.29) is 11.4 Å². The van der Waals surface area contributed by atoms with Crippen molar-refractivity contribution in [2.45, 2.75) is 13.0 Å². The highest BCUT2D eigenvalue weighted by atomic mass is 19.1. The second-order valence-corrected chi connectivity index (χ2v) is 4.44. The van der Waals surface area contributed by atoms with Crippen LogP contribution in [0.15, 0.2) is 41.0 Å². The Morgan fingerprint density at radius 1 is 1.39 bits per heavy atom. The Morgan fingerprint density at radius 3 is 2.74 bits per heavy atom. The Kier molecular flexibility index (Phi) is 4.69. The van der Waals surface area contributed by atoms with Crippen molar-refractivity contribution in [2.75, 3.05) is 5.32 Å². The normalized spacial score (nSPS) is 11.6. The van der Waals surface area contributed by atoms with Crippen LogP contribution in [-0.4, -0.2) is 22.9 Å². The quantitative estimate of drug-likeness (QED) is 0.514. The summed E-state index contributed by atoms with van der Waals surface area (Å²) in [6.07, 6.45) is 0.0932. The lowest BCUT2D eigenvalue weighted by atomic mass is 10.2. The maximum Gasteiger partial charge on any atom is 0.374 e. The molecule has 2 aromatic rings. The summed E-state index contributed by atoms with van der Waals surface area (Å²) >= 11 is 0. The van der Waals surface area contributed by atoms with Gasteiger partial charge in [0.25, 0.3) is 5.91 Å². The molecule has 1 unspecified atom stereocenters. The Morgan fingerprint density at radius 2 is 2.13 bits per heavy atom. The van der Waals surface area contributed by atoms with Crippen molar-refractivity contribution in [3.63, 3.8) is 0 Å². The molecule has 0 radical (unpaired) electrons. The van der Waals surface area contributed by atoms with Gasteiger partial charge in [0.05, 0.1) is 11.2 Å². The molecule has 1 N–H and O–H groups in total. The number of nitrogens with zero attached hydrogens (tertiary/aromatic N) is 1. The number of hydrogen-bond donors (Lipinski definition) is 1. The fraction of sp³-hybridized carbons (Fsp3) is 0.143. The summed E-state index contributed by atoms with van der Waals surface area (Å²) in [7, 11) is 0. The predicted octanol–water partition coefficient (Wildman–Crippen LogP) is 2.51. The number of carbonyl (C=O) groups excluding carboxylic acids is 2. The van der Waals surface area contributed by atoms with Gasteiger partial charge < -0.3 is 14.5 Å². The SMILES string of the molecule is CC(OC(=O)c1ccco1)C(=O)Nc1ccc(F)c([N+](=O)[O-])c1. The van der Waals surface area contributed by atoms with Crippen molar-refractivity contribution in [2.24, 2.45) is 0 Å². The van der Waals surface area contributed by atoms with E-state index < -0.39 is 34.4 Å². The number of benzene rings is 1. The summed E-state index contributed by atoms with van der Waals surface area (Å²) in [5, 5.41) is 12.9. The smallest absolute Gasteiger partial charge is 0.374 e. The predicted molar refractivity (Wildman–Crippen MR) is 75.3 cm³/mol. The molecule has 1 aromatic heterocycles. The van der Waals surface area contributed by atoms with E-state index in [0.29, 0.717) is 0 Å². The van der Waals surface area contributed by atoms with Crippen LogP contribution in [0, 0.1) is 15.9 Å². The lowest BCUT2D eigenvalue weighted by Gasteiger charge is -2.12. The van der Waals surface area contributed by atoms with Crippen LogP contribution >= 0.6 is 0 Å². The zero-order valence-electron chi connectivity index (χ0n) is 11.8. The molecule has 0 aliphatic rings. The van der Waals surface area contributed by atoms with E-state index in [9.17, 15) is 24.1 Å². The van der Waals surface area contributed by atoms with Gasteiger partial charge in [0.1, 0.15) is 0 Å². The lowest BCUT2D eigenvalue weighted by molar-refractivity contribution is -0.387. The van der Waals surface area contributed by atoms with Gasteiger partial charge in [-0.25, -0.2) is 4.79 Å². The van der Waals surface area contributed by atoms with Crippen molar-refractivity contribution in [1.29, 1.82) is 0 Å². The third-order valence-electron chi connectivity index (χ3n) is 2.79. The Bertz CT molecular complexity index is 744. The first-order chi connectivity index (χ1) is 10.9. The minimum Gasteiger partial charge on any atom is -0.457 e. The first-order valence-electron chi connectivity index (χ1n) is 6.38. The van der Waals surface area contributed by atoms with Gasteiger partial charge in [-0.1, -0.05) is 0 Å². The topological polar surface area (TPSA) is 112 Å². The fourth-order valence-electron chi connectivity index (χ4n) is 1.64. The molecule has 1 atom stereocenters. The number of carbonyl (C=O) groups is 2. The minimum atomic E-state index is -1.18. The van der Waals surface area contributed by atoms with Crippen LogP contribution in [0.1, 0.15) is 17.5 Å². The second kappa shape index (κ2) is 6.69. The molecule has 1 heterocycles. The average Bonchev–Trinajstić information content (AvgIpc) is 3.03. The van der Waals surface area contributed by atoms with Gasteiger partial charge >= 0.3 is 11.7 Å². The molecule has 0 fully saturated rings. The monoisotopic (exact) mass is 322 g/mol. The number of nitro groups is 1. The summed E-state index contributed by atoms with van der Waals surface area (Å²) in [5.74, 6) is -2.65. The molecule has 0 bridgehead atoms. The molecule has 8 nitrogen and oxygen atoms in total. The van der Waals surface area contributed by atoms with Crippen LogP contribution in [0.2, 0.25) is 0 Å². The van der Waals surface area contributed by atoms with Gasteiger partial charge in [-0.05, 0) is 31.2 Å². The Labute approximate surface area is 129 Å². The number of hydrogen-bond acceptors (Lipinski definition) is 6. The number of nitro benzene ring substituents is 1. The number of nitrogens with one attached hydrogen (secondary N) is 1. The van der Waals surface area contributed by atoms with Crippen LogP contribution in [0.4, 0.5) is 15.8 Å². The summed E-state index contributed by atoms with van der Waals surface area (Å²) in [6.45, 7) is 1.31. The molecule has 0 aliphatic carbocycles. The standard InChI is InChI=1S/C14H11FN2O6/c1-8(23-14(19)12-3-2-6-22-12)13(18)16-9-4-5-10(15)11(7-9)17(20)21/h2-8H,1H3,(H,16,18). The van der Waals surface area contributed by atoms with Crippen molar-refractivity contribution in [1.82, 2.24) is 0 Å². The highest BCUT2D eigenvalue weighted by molar-refractivity contribution is 5.96. The number of halogens is 1. The number of ether oxygens (including phenoxy) is 1. The summed E-state index contributed by atoms with van der Waals surface area (Å²) < 4.78 is 22.9. The molecule has 0 saturated heterocycles. The third kappa shape index (κ3) is 3.90. The molecule has 0 spiro atoms. The van der Waals surface area contributed by atoms with Crippen molar-refractivity contribution < 1.29 is 28.1 Å². The molecule has 2 rings (SSSR count). The first kappa shape index (κ1) is 16.1. The lowest BCUT2D eigenvalue weighted by Crippen LogP contribution is -2.29. The van der Waals surface area contributed by atoms with Gasteiger partial charge in [0.2, 0.25) is 11.6 Å². The molecule has 23 heavy (non-hydrogen) atoms. The molecule has 1 amide bonds. The van der Waals surface area contributed by atoms with E-state index in [1.165, 1.54) is 25.3 Å². The average molecular weight is 322 g/mol. The number of rotatable bonds is 5. The molecule has 0 aliphatic heterocycles. The van der Waals surface area contributed by atoms with Gasteiger partial charge in [-0.3, -0.25) is 14.9 Å². The van der Waals surface area contributed by atoms with Gasteiger partial charge in [0.15, 0.2) is 6.10 Å². The van der Waals surface area contributed by atoms with Gasteiger partial charge in [0, 0.05) is 11.8 Å². The van der Waals surface area contributed by atoms with E-state index >= 15 is 0 Å². The summed E-state index contributed by atoms with van der Waals surface area (Å²) in [4.78, 5) is 33.3. The Hall–Kier alpha value is -3.23. The molecule has 0 saturated carbocycles. The minimum absolute atomic E-state index is 0.00370. The largest absolute Gasteiger partial charge is 0.457 e. The van der Waals surface area contributed by atoms with Crippen molar-refractivity contribution in [3.05, 3.63) is 58.3 Å². The number of anilines is 1. The first-order valence-corrected chi connectivity index (χ1v) is 6.38. The van der Waals surface area contributed by atoms with Gasteiger partial charge in [-0.15, -0.1) is 0 Å². The highest BCUT2D eigenvalue weighted by Crippen LogP contribution is 2.21. The number of esters is 1. The van der Waals surface area contributed by atoms with E-state index in [4.69, 9.17) is 9.15 Å².